The summed E-state index contributed by atoms with van der Waals surface area (Å²) in [6.07, 6.45) is -4.60. The SMILES string of the molecule is C=C(C)[C@@]1(O)[C@@H]2OC3(c4ccccc4)O[C@H]1[C@@H](C)[C@@]1(O3)[C@H]2[C@H](OC(C)=O)[C@@]2(C)O[C@@]3([C@H]1C[C@H](C)[C@@H]3OC(C)=O)[C@@H]2OC(=O)c1ccccc1. The third-order valence-electron chi connectivity index (χ3n) is 12.3. The monoisotopic (exact) mass is 674 g/mol. The lowest BCUT2D eigenvalue weighted by Gasteiger charge is -2.72. The summed E-state index contributed by atoms with van der Waals surface area (Å²) >= 11 is 0. The minimum Gasteiger partial charge on any atom is -0.459 e. The summed E-state index contributed by atoms with van der Waals surface area (Å²) in [7, 11) is 0. The fraction of sp³-hybridized carbons (Fsp3) is 0.553. The van der Waals surface area contributed by atoms with Gasteiger partial charge in [0.2, 0.25) is 0 Å². The van der Waals surface area contributed by atoms with Crippen LogP contribution in [0.3, 0.4) is 0 Å². The first-order chi connectivity index (χ1) is 23.2. The molecule has 49 heavy (non-hydrogen) atoms. The van der Waals surface area contributed by atoms with Crippen molar-refractivity contribution in [2.45, 2.75) is 107 Å². The first-order valence-electron chi connectivity index (χ1n) is 17.0. The lowest BCUT2D eigenvalue weighted by Crippen LogP contribution is -2.86. The molecule has 2 spiro atoms. The van der Waals surface area contributed by atoms with Gasteiger partial charge in [-0.1, -0.05) is 69.0 Å². The van der Waals surface area contributed by atoms with Crippen LogP contribution in [0.4, 0.5) is 0 Å². The fourth-order valence-corrected chi connectivity index (χ4v) is 10.6. The lowest BCUT2D eigenvalue weighted by molar-refractivity contribution is -0.584. The molecule has 7 aliphatic rings. The summed E-state index contributed by atoms with van der Waals surface area (Å²) in [4.78, 5) is 39.8. The maximum Gasteiger partial charge on any atom is 0.338 e. The number of hydrogen-bond acceptors (Lipinski definition) is 11. The fourth-order valence-electron chi connectivity index (χ4n) is 10.6. The summed E-state index contributed by atoms with van der Waals surface area (Å²) in [5, 5.41) is 12.7. The number of esters is 3. The zero-order valence-corrected chi connectivity index (χ0v) is 28.4. The zero-order chi connectivity index (χ0) is 34.9. The molecule has 11 heteroatoms. The van der Waals surface area contributed by atoms with Crippen LogP contribution in [0.2, 0.25) is 0 Å². The minimum atomic E-state index is -1.75. The van der Waals surface area contributed by atoms with E-state index in [0.717, 1.165) is 0 Å². The normalized spacial score (nSPS) is 46.8. The van der Waals surface area contributed by atoms with E-state index in [2.05, 4.69) is 6.58 Å². The highest BCUT2D eigenvalue weighted by Gasteiger charge is 2.92. The summed E-state index contributed by atoms with van der Waals surface area (Å²) in [6, 6.07) is 17.8. The molecule has 9 rings (SSSR count). The Kier molecular flexibility index (Phi) is 6.96. The quantitative estimate of drug-likeness (QED) is 0.268. The van der Waals surface area contributed by atoms with Crippen molar-refractivity contribution in [3.8, 4) is 0 Å². The van der Waals surface area contributed by atoms with Crippen LogP contribution in [-0.4, -0.2) is 75.9 Å². The molecule has 1 unspecified atom stereocenters. The van der Waals surface area contributed by atoms with E-state index in [-0.39, 0.29) is 5.92 Å². The van der Waals surface area contributed by atoms with Gasteiger partial charge in [-0.05, 0) is 43.9 Å². The van der Waals surface area contributed by atoms with Crippen molar-refractivity contribution in [2.24, 2.45) is 23.7 Å². The Morgan fingerprint density at radius 2 is 1.41 bits per heavy atom. The van der Waals surface area contributed by atoms with Gasteiger partial charge in [-0.2, -0.15) is 0 Å². The van der Waals surface area contributed by atoms with Gasteiger partial charge in [-0.25, -0.2) is 4.79 Å². The van der Waals surface area contributed by atoms with Crippen molar-refractivity contribution in [2.75, 3.05) is 0 Å². The third kappa shape index (κ3) is 3.93. The van der Waals surface area contributed by atoms with Gasteiger partial charge in [0.1, 0.15) is 35.6 Å². The van der Waals surface area contributed by atoms with Gasteiger partial charge in [0.05, 0.1) is 17.1 Å². The number of ether oxygens (including phenoxy) is 7. The molecule has 6 bridgehead atoms. The number of benzene rings is 2. The number of carbonyl (C=O) groups is 3. The van der Waals surface area contributed by atoms with Crippen LogP contribution < -0.4 is 0 Å². The maximum atomic E-state index is 13.9. The van der Waals surface area contributed by atoms with Crippen LogP contribution in [0.1, 0.15) is 63.9 Å². The average Bonchev–Trinajstić information content (AvgIpc) is 3.29. The predicted octanol–water partition coefficient (Wildman–Crippen LogP) is 4.21. The molecule has 2 aromatic carbocycles. The van der Waals surface area contributed by atoms with Gasteiger partial charge >= 0.3 is 23.9 Å². The number of aliphatic hydroxyl groups is 1. The molecule has 1 N–H and O–H groups in total. The molecular weight excluding hydrogens is 632 g/mol. The number of fused-ring (bicyclic) bond motifs is 1. The van der Waals surface area contributed by atoms with E-state index in [1.54, 1.807) is 44.2 Å². The molecule has 5 saturated heterocycles. The summed E-state index contributed by atoms with van der Waals surface area (Å²) in [5.41, 5.74) is -4.61. The lowest BCUT2D eigenvalue weighted by atomic mass is 9.51. The number of carbonyl (C=O) groups excluding carboxylic acids is 3. The van der Waals surface area contributed by atoms with Gasteiger partial charge < -0.3 is 38.3 Å². The maximum absolute atomic E-state index is 13.9. The smallest absolute Gasteiger partial charge is 0.338 e. The van der Waals surface area contributed by atoms with E-state index in [4.69, 9.17) is 33.2 Å². The molecule has 2 aromatic rings. The van der Waals surface area contributed by atoms with Gasteiger partial charge in [-0.15, -0.1) is 0 Å². The standard InChI is InChI=1S/C38H42O11/c1-19(2)35(42)29-21(4)36-26-18-20(3)28(43-22(5)39)37(26)33(45-32(41)24-14-10-8-11-15-24)34(7,48-37)30(44-23(6)40)27(36)31(35)47-38(46-29,49-36)25-16-12-9-13-17-25/h8-17,20-21,26-31,33,42H,1,18H2,2-7H3/t20-,21+,26-,27-,28-,29-,30-,31+,33+,34+,35-,36-,37+,38?/m0/s1. The van der Waals surface area contributed by atoms with Crippen LogP contribution in [0.15, 0.2) is 72.8 Å². The van der Waals surface area contributed by atoms with Crippen molar-refractivity contribution in [1.82, 2.24) is 0 Å². The Balaban J connectivity index is 1.40. The van der Waals surface area contributed by atoms with Crippen LogP contribution in [-0.2, 0) is 48.7 Å². The molecule has 7 fully saturated rings. The van der Waals surface area contributed by atoms with Crippen LogP contribution >= 0.6 is 0 Å². The molecule has 260 valence electrons. The Labute approximate surface area is 284 Å². The highest BCUT2D eigenvalue weighted by Crippen LogP contribution is 2.76. The molecule has 0 aromatic heterocycles. The van der Waals surface area contributed by atoms with Crippen LogP contribution in [0.25, 0.3) is 0 Å². The second-order valence-corrected chi connectivity index (χ2v) is 15.0. The molecule has 14 atom stereocenters. The first-order valence-corrected chi connectivity index (χ1v) is 17.0. The Bertz CT molecular complexity index is 1730. The van der Waals surface area contributed by atoms with E-state index in [1.165, 1.54) is 13.8 Å². The van der Waals surface area contributed by atoms with Crippen molar-refractivity contribution in [1.29, 1.82) is 0 Å². The van der Waals surface area contributed by atoms with Crippen molar-refractivity contribution in [3.05, 3.63) is 83.9 Å². The molecule has 2 saturated carbocycles. The Hall–Kier alpha value is -3.61. The van der Waals surface area contributed by atoms with E-state index in [1.807, 2.05) is 44.2 Å². The first kappa shape index (κ1) is 32.6. The Morgan fingerprint density at radius 1 is 0.816 bits per heavy atom. The molecular formula is C38H42O11. The van der Waals surface area contributed by atoms with E-state index in [9.17, 15) is 19.5 Å². The summed E-state index contributed by atoms with van der Waals surface area (Å²) in [6.45, 7) is 14.2. The van der Waals surface area contributed by atoms with Crippen LogP contribution in [0.5, 0.6) is 0 Å². The van der Waals surface area contributed by atoms with Gasteiger partial charge in [0.15, 0.2) is 11.7 Å². The Morgan fingerprint density at radius 3 is 2.02 bits per heavy atom. The molecule has 0 radical (unpaired) electrons. The van der Waals surface area contributed by atoms with E-state index in [0.29, 0.717) is 23.1 Å². The predicted molar refractivity (Wildman–Crippen MR) is 170 cm³/mol. The zero-order valence-electron chi connectivity index (χ0n) is 28.4. The largest absolute Gasteiger partial charge is 0.459 e. The number of hydrogen-bond donors (Lipinski definition) is 1. The minimum absolute atomic E-state index is 0.263. The van der Waals surface area contributed by atoms with Crippen molar-refractivity contribution in [3.63, 3.8) is 0 Å². The second kappa shape index (κ2) is 10.5. The van der Waals surface area contributed by atoms with Crippen LogP contribution in [0, 0.1) is 23.7 Å². The van der Waals surface area contributed by atoms with E-state index < -0.39 is 94.6 Å². The van der Waals surface area contributed by atoms with Gasteiger partial charge in [0.25, 0.3) is 0 Å². The summed E-state index contributed by atoms with van der Waals surface area (Å²) < 4.78 is 46.8. The number of rotatable bonds is 6. The highest BCUT2D eigenvalue weighted by atomic mass is 16.9. The van der Waals surface area contributed by atoms with Gasteiger partial charge in [-0.3, -0.25) is 9.59 Å². The molecule has 5 heterocycles. The molecule has 11 nitrogen and oxygen atoms in total. The highest BCUT2D eigenvalue weighted by molar-refractivity contribution is 5.89. The van der Waals surface area contributed by atoms with Gasteiger partial charge in [0, 0.05) is 31.2 Å². The second-order valence-electron chi connectivity index (χ2n) is 15.0. The van der Waals surface area contributed by atoms with Crippen molar-refractivity contribution >= 4 is 17.9 Å². The van der Waals surface area contributed by atoms with Crippen molar-refractivity contribution < 1.29 is 52.6 Å². The molecule has 0 amide bonds. The summed E-state index contributed by atoms with van der Waals surface area (Å²) in [5.74, 6) is -5.80. The molecule has 2 aliphatic carbocycles. The third-order valence-corrected chi connectivity index (χ3v) is 12.3. The molecule has 5 aliphatic heterocycles. The average molecular weight is 675 g/mol. The van der Waals surface area contributed by atoms with E-state index >= 15 is 0 Å². The topological polar surface area (TPSA) is 136 Å².